The van der Waals surface area contributed by atoms with E-state index in [2.05, 4.69) is 233 Å². The standard InChI is InChI=1S/C60H45NS/c1-59(2)50-22-11-7-18-44(50)48-37-40(30-34-52(48)59)42-16-5-6-17-43(42)45-19-9-13-25-54(45)61(55-26-15-24-53-58(55)47-21-8-12-23-51(47)60(53,3)4)41-32-28-38(29-33-41)39-31-35-57-49(36-39)46-20-10-14-27-56(46)62-57/h5-37H,1-4H3. The van der Waals surface area contributed by atoms with Gasteiger partial charge >= 0.3 is 0 Å². The number of para-hydroxylation sites is 1. The van der Waals surface area contributed by atoms with E-state index in [-0.39, 0.29) is 10.8 Å². The largest absolute Gasteiger partial charge is 0.309 e. The molecule has 0 unspecified atom stereocenters. The topological polar surface area (TPSA) is 3.24 Å². The molecule has 2 heteroatoms. The van der Waals surface area contributed by atoms with E-state index in [1.54, 1.807) is 0 Å². The van der Waals surface area contributed by atoms with E-state index in [0.717, 1.165) is 11.4 Å². The maximum absolute atomic E-state index is 2.52. The van der Waals surface area contributed by atoms with Gasteiger partial charge in [-0.3, -0.25) is 0 Å². The van der Waals surface area contributed by atoms with Gasteiger partial charge in [0.05, 0.1) is 11.4 Å². The van der Waals surface area contributed by atoms with Crippen LogP contribution in [0.25, 0.3) is 75.8 Å². The van der Waals surface area contributed by atoms with Crippen LogP contribution in [-0.2, 0) is 10.8 Å². The highest BCUT2D eigenvalue weighted by Crippen LogP contribution is 2.56. The lowest BCUT2D eigenvalue weighted by atomic mass is 9.82. The average Bonchev–Trinajstić information content (AvgIpc) is 3.89. The second kappa shape index (κ2) is 13.8. The Morgan fingerprint density at radius 1 is 0.339 bits per heavy atom. The van der Waals surface area contributed by atoms with Gasteiger partial charge in [0.2, 0.25) is 0 Å². The van der Waals surface area contributed by atoms with Gasteiger partial charge in [-0.15, -0.1) is 11.3 Å². The number of anilines is 3. The summed E-state index contributed by atoms with van der Waals surface area (Å²) in [7, 11) is 0. The SMILES string of the molecule is CC1(C)c2ccccc2-c2cc(-c3ccccc3-c3ccccc3N(c3ccc(-c4ccc5sc6ccccc6c5c4)cc3)c3cccc4c3-c3ccccc3C4(C)C)ccc21. The van der Waals surface area contributed by atoms with Crippen LogP contribution < -0.4 is 4.90 Å². The molecule has 0 bridgehead atoms. The van der Waals surface area contributed by atoms with E-state index in [4.69, 9.17) is 0 Å². The maximum Gasteiger partial charge on any atom is 0.0543 e. The molecule has 0 saturated heterocycles. The van der Waals surface area contributed by atoms with E-state index in [0.29, 0.717) is 0 Å². The van der Waals surface area contributed by atoms with Crippen LogP contribution in [0.3, 0.4) is 0 Å². The van der Waals surface area contributed by atoms with Gasteiger partial charge in [0.25, 0.3) is 0 Å². The Labute approximate surface area is 368 Å². The summed E-state index contributed by atoms with van der Waals surface area (Å²) in [6, 6.07) is 74.9. The van der Waals surface area contributed by atoms with E-state index in [1.165, 1.54) is 104 Å². The maximum atomic E-state index is 2.52. The summed E-state index contributed by atoms with van der Waals surface area (Å²) in [5.74, 6) is 0. The van der Waals surface area contributed by atoms with Crippen molar-refractivity contribution < 1.29 is 0 Å². The molecule has 12 rings (SSSR count). The molecule has 1 heterocycles. The minimum absolute atomic E-state index is 0.0409. The van der Waals surface area contributed by atoms with Gasteiger partial charge in [-0.1, -0.05) is 179 Å². The van der Waals surface area contributed by atoms with Gasteiger partial charge in [0.15, 0.2) is 0 Å². The molecule has 1 nitrogen and oxygen atoms in total. The predicted molar refractivity (Wildman–Crippen MR) is 265 cm³/mol. The Balaban J connectivity index is 1.04. The van der Waals surface area contributed by atoms with Crippen LogP contribution in [0, 0.1) is 0 Å². The number of nitrogens with zero attached hydrogens (tertiary/aromatic N) is 1. The van der Waals surface area contributed by atoms with E-state index in [9.17, 15) is 0 Å². The third-order valence-corrected chi connectivity index (χ3v) is 15.1. The van der Waals surface area contributed by atoms with Crippen molar-refractivity contribution in [1.29, 1.82) is 0 Å². The first kappa shape index (κ1) is 36.8. The first-order valence-electron chi connectivity index (χ1n) is 21.8. The summed E-state index contributed by atoms with van der Waals surface area (Å²) >= 11 is 1.87. The predicted octanol–water partition coefficient (Wildman–Crippen LogP) is 17.1. The quantitative estimate of drug-likeness (QED) is 0.162. The van der Waals surface area contributed by atoms with Crippen LogP contribution in [-0.4, -0.2) is 0 Å². The van der Waals surface area contributed by atoms with E-state index < -0.39 is 0 Å². The fraction of sp³-hybridized carbons (Fsp3) is 0.100. The van der Waals surface area contributed by atoms with E-state index in [1.807, 2.05) is 11.3 Å². The molecule has 0 aliphatic heterocycles. The molecule has 0 amide bonds. The third-order valence-electron chi connectivity index (χ3n) is 13.9. The Morgan fingerprint density at radius 2 is 0.887 bits per heavy atom. The molecular formula is C60H45NS. The van der Waals surface area contributed by atoms with Crippen molar-refractivity contribution >= 4 is 48.6 Å². The first-order valence-corrected chi connectivity index (χ1v) is 22.6. The highest BCUT2D eigenvalue weighted by atomic mass is 32.1. The third kappa shape index (κ3) is 5.46. The number of thiophene rings is 1. The van der Waals surface area contributed by atoms with Crippen molar-refractivity contribution in [2.24, 2.45) is 0 Å². The summed E-state index contributed by atoms with van der Waals surface area (Å²) in [5, 5.41) is 2.64. The van der Waals surface area contributed by atoms with Crippen LogP contribution in [0.4, 0.5) is 17.1 Å². The van der Waals surface area contributed by atoms with Crippen molar-refractivity contribution in [3.05, 3.63) is 222 Å². The Bertz CT molecular complexity index is 3420. The first-order chi connectivity index (χ1) is 30.3. The number of benzene rings is 9. The van der Waals surface area contributed by atoms with Gasteiger partial charge in [0.1, 0.15) is 0 Å². The summed E-state index contributed by atoms with van der Waals surface area (Å²) < 4.78 is 2.65. The van der Waals surface area contributed by atoms with Crippen LogP contribution in [0.15, 0.2) is 200 Å². The number of hydrogen-bond acceptors (Lipinski definition) is 2. The summed E-state index contributed by atoms with van der Waals surface area (Å²) in [6.45, 7) is 9.45. The van der Waals surface area contributed by atoms with Gasteiger partial charge in [-0.25, -0.2) is 0 Å². The Kier molecular flexibility index (Phi) is 8.17. The molecule has 0 saturated carbocycles. The molecule has 10 aromatic rings. The smallest absolute Gasteiger partial charge is 0.0543 e. The molecule has 62 heavy (non-hydrogen) atoms. The molecular weight excluding hydrogens is 767 g/mol. The fourth-order valence-corrected chi connectivity index (χ4v) is 11.9. The van der Waals surface area contributed by atoms with Crippen molar-refractivity contribution in [2.75, 3.05) is 4.90 Å². The lowest BCUT2D eigenvalue weighted by Crippen LogP contribution is -2.16. The van der Waals surface area contributed by atoms with Gasteiger partial charge in [-0.05, 0) is 115 Å². The number of fused-ring (bicyclic) bond motifs is 9. The molecule has 0 radical (unpaired) electrons. The lowest BCUT2D eigenvalue weighted by molar-refractivity contribution is 0.660. The summed E-state index contributed by atoms with van der Waals surface area (Å²) in [6.07, 6.45) is 0. The average molecular weight is 812 g/mol. The van der Waals surface area contributed by atoms with Crippen LogP contribution in [0.5, 0.6) is 0 Å². The van der Waals surface area contributed by atoms with Gasteiger partial charge in [0, 0.05) is 47.8 Å². The number of hydrogen-bond donors (Lipinski definition) is 0. The second-order valence-electron chi connectivity index (χ2n) is 18.1. The van der Waals surface area contributed by atoms with Crippen LogP contribution >= 0.6 is 11.3 Å². The molecule has 1 aromatic heterocycles. The van der Waals surface area contributed by atoms with E-state index >= 15 is 0 Å². The normalized spacial score (nSPS) is 14.1. The minimum Gasteiger partial charge on any atom is -0.309 e. The van der Waals surface area contributed by atoms with Crippen molar-refractivity contribution in [3.8, 4) is 55.6 Å². The minimum atomic E-state index is -0.130. The van der Waals surface area contributed by atoms with Crippen molar-refractivity contribution in [3.63, 3.8) is 0 Å². The highest BCUT2D eigenvalue weighted by Gasteiger charge is 2.38. The summed E-state index contributed by atoms with van der Waals surface area (Å²) in [5.41, 5.74) is 21.3. The monoisotopic (exact) mass is 811 g/mol. The molecule has 0 N–H and O–H groups in total. The Morgan fingerprint density at radius 3 is 1.69 bits per heavy atom. The highest BCUT2D eigenvalue weighted by molar-refractivity contribution is 7.25. The summed E-state index contributed by atoms with van der Waals surface area (Å²) in [4.78, 5) is 2.52. The second-order valence-corrected chi connectivity index (χ2v) is 19.1. The Hall–Kier alpha value is -7.00. The lowest BCUT2D eigenvalue weighted by Gasteiger charge is -2.31. The van der Waals surface area contributed by atoms with Crippen molar-refractivity contribution in [1.82, 2.24) is 0 Å². The van der Waals surface area contributed by atoms with Crippen LogP contribution in [0.2, 0.25) is 0 Å². The van der Waals surface area contributed by atoms with Crippen molar-refractivity contribution in [2.45, 2.75) is 38.5 Å². The zero-order valence-corrected chi connectivity index (χ0v) is 36.2. The molecule has 0 atom stereocenters. The van der Waals surface area contributed by atoms with Gasteiger partial charge < -0.3 is 4.90 Å². The zero-order chi connectivity index (χ0) is 41.7. The van der Waals surface area contributed by atoms with Crippen LogP contribution in [0.1, 0.15) is 49.9 Å². The van der Waals surface area contributed by atoms with Gasteiger partial charge in [-0.2, -0.15) is 0 Å². The molecule has 9 aromatic carbocycles. The molecule has 296 valence electrons. The molecule has 0 spiro atoms. The number of rotatable bonds is 6. The zero-order valence-electron chi connectivity index (χ0n) is 35.4. The molecule has 2 aliphatic rings. The fourth-order valence-electron chi connectivity index (χ4n) is 10.8. The molecule has 0 fully saturated rings. The molecule has 2 aliphatic carbocycles.